The third kappa shape index (κ3) is 6.29. The molecule has 0 atom stereocenters. The van der Waals surface area contributed by atoms with Gasteiger partial charge in [-0.25, -0.2) is 10.2 Å². The molecular weight excluding hydrogens is 482 g/mol. The molecule has 3 aromatic rings. The van der Waals surface area contributed by atoms with Crippen LogP contribution in [0.3, 0.4) is 0 Å². The molecule has 0 unspecified atom stereocenters. The average Bonchev–Trinajstić information content (AvgIpc) is 3.33. The van der Waals surface area contributed by atoms with E-state index in [1.54, 1.807) is 48.5 Å². The monoisotopic (exact) mass is 499 g/mol. The number of ether oxygens (including phenoxy) is 2. The highest BCUT2D eigenvalue weighted by molar-refractivity contribution is 9.10. The number of rotatable bonds is 8. The highest BCUT2D eigenvalue weighted by atomic mass is 79.9. The van der Waals surface area contributed by atoms with Gasteiger partial charge in [-0.15, -0.1) is 0 Å². The Balaban J connectivity index is 1.55. The maximum atomic E-state index is 12.3. The molecule has 32 heavy (non-hydrogen) atoms. The van der Waals surface area contributed by atoms with Crippen LogP contribution in [0.5, 0.6) is 11.5 Å². The Morgan fingerprint density at radius 3 is 2.66 bits per heavy atom. The number of hydrogen-bond acceptors (Lipinski definition) is 7. The van der Waals surface area contributed by atoms with E-state index in [0.29, 0.717) is 16.9 Å². The van der Waals surface area contributed by atoms with E-state index in [1.165, 1.54) is 25.7 Å². The quantitative estimate of drug-likeness (QED) is 0.212. The van der Waals surface area contributed by atoms with Gasteiger partial charge in [0.05, 0.1) is 31.7 Å². The molecule has 0 saturated carbocycles. The molecule has 0 radical (unpaired) electrons. The number of halogens is 1. The van der Waals surface area contributed by atoms with Crippen molar-refractivity contribution in [3.8, 4) is 11.5 Å². The number of furan rings is 1. The van der Waals surface area contributed by atoms with Crippen molar-refractivity contribution in [1.82, 2.24) is 10.7 Å². The first kappa shape index (κ1) is 22.8. The minimum Gasteiger partial charge on any atom is -0.493 e. The molecule has 2 amide bonds. The summed E-state index contributed by atoms with van der Waals surface area (Å²) in [6, 6.07) is 14.7. The summed E-state index contributed by atoms with van der Waals surface area (Å²) in [7, 11) is 1.44. The molecule has 0 fully saturated rings. The number of carbonyl (C=O) groups is 3. The predicted octanol–water partition coefficient (Wildman–Crippen LogP) is 3.15. The van der Waals surface area contributed by atoms with Crippen molar-refractivity contribution >= 4 is 39.9 Å². The molecule has 0 spiro atoms. The lowest BCUT2D eigenvalue weighted by molar-refractivity contribution is -0.120. The van der Waals surface area contributed by atoms with Gasteiger partial charge in [-0.3, -0.25) is 9.59 Å². The third-order valence-corrected chi connectivity index (χ3v) is 4.50. The van der Waals surface area contributed by atoms with E-state index >= 15 is 0 Å². The summed E-state index contributed by atoms with van der Waals surface area (Å²) in [6.07, 6.45) is 2.75. The molecule has 3 rings (SSSR count). The van der Waals surface area contributed by atoms with Crippen LogP contribution in [0.4, 0.5) is 0 Å². The molecule has 9 nitrogen and oxygen atoms in total. The molecule has 10 heteroatoms. The van der Waals surface area contributed by atoms with Crippen LogP contribution in [-0.4, -0.2) is 37.7 Å². The van der Waals surface area contributed by atoms with Crippen molar-refractivity contribution in [3.05, 3.63) is 82.2 Å². The maximum Gasteiger partial charge on any atom is 0.343 e. The molecule has 1 heterocycles. The van der Waals surface area contributed by atoms with Gasteiger partial charge in [-0.05, 0) is 54.1 Å². The summed E-state index contributed by atoms with van der Waals surface area (Å²) in [5.41, 5.74) is 3.27. The SMILES string of the molecule is COc1cc(/C=N/NC(=O)CNC(=O)c2ccco2)ccc1OC(=O)c1cccc(Br)c1. The minimum absolute atomic E-state index is 0.106. The first-order valence-corrected chi connectivity index (χ1v) is 10.0. The Morgan fingerprint density at radius 2 is 1.94 bits per heavy atom. The van der Waals surface area contributed by atoms with E-state index in [0.717, 1.165) is 4.47 Å². The fraction of sp³-hybridized carbons (Fsp3) is 0.0909. The fourth-order valence-electron chi connectivity index (χ4n) is 2.50. The highest BCUT2D eigenvalue weighted by Crippen LogP contribution is 2.28. The summed E-state index contributed by atoms with van der Waals surface area (Å²) in [5.74, 6) is -0.905. The van der Waals surface area contributed by atoms with Gasteiger partial charge in [0.15, 0.2) is 17.3 Å². The van der Waals surface area contributed by atoms with Gasteiger partial charge in [0.2, 0.25) is 0 Å². The summed E-state index contributed by atoms with van der Waals surface area (Å²) in [5, 5.41) is 6.24. The number of esters is 1. The predicted molar refractivity (Wildman–Crippen MR) is 119 cm³/mol. The van der Waals surface area contributed by atoms with Gasteiger partial charge in [-0.1, -0.05) is 22.0 Å². The van der Waals surface area contributed by atoms with E-state index in [-0.39, 0.29) is 18.1 Å². The summed E-state index contributed by atoms with van der Waals surface area (Å²) in [6.45, 7) is -0.273. The number of nitrogens with zero attached hydrogens (tertiary/aromatic N) is 1. The largest absolute Gasteiger partial charge is 0.493 e. The minimum atomic E-state index is -0.533. The van der Waals surface area contributed by atoms with E-state index in [9.17, 15) is 14.4 Å². The van der Waals surface area contributed by atoms with Gasteiger partial charge in [0.25, 0.3) is 11.8 Å². The lowest BCUT2D eigenvalue weighted by Crippen LogP contribution is -2.34. The van der Waals surface area contributed by atoms with Crippen LogP contribution >= 0.6 is 15.9 Å². The van der Waals surface area contributed by atoms with Gasteiger partial charge in [-0.2, -0.15) is 5.10 Å². The van der Waals surface area contributed by atoms with Crippen LogP contribution in [0.1, 0.15) is 26.5 Å². The summed E-state index contributed by atoms with van der Waals surface area (Å²) >= 11 is 3.31. The molecular formula is C22H18BrN3O6. The van der Waals surface area contributed by atoms with Crippen LogP contribution < -0.4 is 20.2 Å². The second-order valence-electron chi connectivity index (χ2n) is 6.26. The van der Waals surface area contributed by atoms with Crippen LogP contribution in [0, 0.1) is 0 Å². The van der Waals surface area contributed by atoms with Crippen molar-refractivity contribution in [2.75, 3.05) is 13.7 Å². The second-order valence-corrected chi connectivity index (χ2v) is 7.18. The molecule has 0 bridgehead atoms. The van der Waals surface area contributed by atoms with Crippen molar-refractivity contribution < 1.29 is 28.3 Å². The van der Waals surface area contributed by atoms with Gasteiger partial charge in [0, 0.05) is 4.47 Å². The molecule has 0 aliphatic carbocycles. The smallest absolute Gasteiger partial charge is 0.343 e. The van der Waals surface area contributed by atoms with Crippen molar-refractivity contribution in [1.29, 1.82) is 0 Å². The lowest BCUT2D eigenvalue weighted by Gasteiger charge is -2.10. The third-order valence-electron chi connectivity index (χ3n) is 4.01. The average molecular weight is 500 g/mol. The van der Waals surface area contributed by atoms with Crippen molar-refractivity contribution in [2.24, 2.45) is 5.10 Å². The van der Waals surface area contributed by atoms with Gasteiger partial charge >= 0.3 is 5.97 Å². The van der Waals surface area contributed by atoms with E-state index in [2.05, 4.69) is 31.8 Å². The number of carbonyl (C=O) groups excluding carboxylic acids is 3. The van der Waals surface area contributed by atoms with E-state index < -0.39 is 17.8 Å². The standard InChI is InChI=1S/C22H18BrN3O6/c1-30-19-10-14(7-8-17(19)32-22(29)15-4-2-5-16(23)11-15)12-25-26-20(27)13-24-21(28)18-6-3-9-31-18/h2-12H,13H2,1H3,(H,24,28)(H,26,27)/b25-12+. The molecule has 2 N–H and O–H groups in total. The zero-order valence-electron chi connectivity index (χ0n) is 16.8. The second kappa shape index (κ2) is 10.9. The van der Waals surface area contributed by atoms with Gasteiger partial charge < -0.3 is 19.2 Å². The van der Waals surface area contributed by atoms with E-state index in [4.69, 9.17) is 13.9 Å². The Morgan fingerprint density at radius 1 is 1.09 bits per heavy atom. The number of hydrogen-bond donors (Lipinski definition) is 2. The number of methoxy groups -OCH3 is 1. The molecule has 1 aromatic heterocycles. The van der Waals surface area contributed by atoms with Crippen LogP contribution in [0.25, 0.3) is 0 Å². The normalized spacial score (nSPS) is 10.6. The van der Waals surface area contributed by atoms with Gasteiger partial charge in [0.1, 0.15) is 0 Å². The maximum absolute atomic E-state index is 12.3. The first-order chi connectivity index (χ1) is 15.5. The number of nitrogens with one attached hydrogen (secondary N) is 2. The first-order valence-electron chi connectivity index (χ1n) is 9.25. The molecule has 0 aliphatic rings. The molecule has 2 aromatic carbocycles. The van der Waals surface area contributed by atoms with E-state index in [1.807, 2.05) is 0 Å². The Labute approximate surface area is 191 Å². The molecule has 0 aliphatic heterocycles. The lowest BCUT2D eigenvalue weighted by atomic mass is 10.2. The number of amides is 2. The van der Waals surface area contributed by atoms with Crippen LogP contribution in [0.2, 0.25) is 0 Å². The fourth-order valence-corrected chi connectivity index (χ4v) is 2.90. The Kier molecular flexibility index (Phi) is 7.76. The number of benzene rings is 2. The Hall–Kier alpha value is -3.92. The topological polar surface area (TPSA) is 119 Å². The zero-order valence-corrected chi connectivity index (χ0v) is 18.4. The van der Waals surface area contributed by atoms with Crippen LogP contribution in [-0.2, 0) is 4.79 Å². The highest BCUT2D eigenvalue weighted by Gasteiger charge is 2.13. The summed E-state index contributed by atoms with van der Waals surface area (Å²) < 4.78 is 16.4. The number of hydrazone groups is 1. The zero-order chi connectivity index (χ0) is 22.9. The van der Waals surface area contributed by atoms with Crippen LogP contribution in [0.15, 0.2) is 74.9 Å². The van der Waals surface area contributed by atoms with Crippen molar-refractivity contribution in [3.63, 3.8) is 0 Å². The van der Waals surface area contributed by atoms with Crippen molar-refractivity contribution in [2.45, 2.75) is 0 Å². The molecule has 164 valence electrons. The summed E-state index contributed by atoms with van der Waals surface area (Å²) in [4.78, 5) is 35.9. The Bertz CT molecular complexity index is 1140. The molecule has 0 saturated heterocycles.